The predicted molar refractivity (Wildman–Crippen MR) is 129 cm³/mol. The van der Waals surface area contributed by atoms with Crippen molar-refractivity contribution in [2.75, 3.05) is 19.0 Å². The molecule has 3 rings (SSSR count). The van der Waals surface area contributed by atoms with Crippen LogP contribution in [-0.2, 0) is 44.2 Å². The summed E-state index contributed by atoms with van der Waals surface area (Å²) >= 11 is 0. The van der Waals surface area contributed by atoms with E-state index >= 15 is 0 Å². The Labute approximate surface area is 266 Å². The summed E-state index contributed by atoms with van der Waals surface area (Å²) in [5.74, 6) is -2.09. The van der Waals surface area contributed by atoms with Gasteiger partial charge in [-0.05, 0) is 48.5 Å². The maximum absolute atomic E-state index is 12.3. The molecule has 1 N–H and O–H groups in total. The Morgan fingerprint density at radius 3 is 1.09 bits per heavy atom. The van der Waals surface area contributed by atoms with Crippen LogP contribution in [0.3, 0.4) is 0 Å². The first-order valence-electron chi connectivity index (χ1n) is 11.6. The number of alkyl halides is 12. The van der Waals surface area contributed by atoms with E-state index in [0.29, 0.717) is 0 Å². The number of hydrogen-bond acceptors (Lipinski definition) is 7. The smallest absolute Gasteiger partial charge is 0.860 e. The van der Waals surface area contributed by atoms with E-state index in [1.807, 2.05) is 32.3 Å². The van der Waals surface area contributed by atoms with Crippen LogP contribution in [-0.4, -0.2) is 33.8 Å². The molecule has 0 aromatic heterocycles. The Bertz CT molecular complexity index is 1210. The Hall–Kier alpha value is -3.19. The molecule has 0 fully saturated rings. The molecule has 0 spiro atoms. The van der Waals surface area contributed by atoms with Crippen LogP contribution in [0.1, 0.15) is 22.3 Å². The fraction of sp³-hybridized carbons (Fsp3) is 0.250. The first-order chi connectivity index (χ1) is 20.3. The minimum Gasteiger partial charge on any atom is -0.860 e. The third-order valence-electron chi connectivity index (χ3n) is 4.86. The Morgan fingerprint density at radius 1 is 0.565 bits per heavy atom. The minimum absolute atomic E-state index is 0. The van der Waals surface area contributed by atoms with Crippen LogP contribution in [0, 0.1) is 0 Å². The van der Waals surface area contributed by atoms with Gasteiger partial charge in [0.05, 0.1) is 28.0 Å². The molecule has 0 aliphatic heterocycles. The molecule has 1 radical (unpaired) electrons. The summed E-state index contributed by atoms with van der Waals surface area (Å²) in [6.45, 7) is 0. The maximum Gasteiger partial charge on any atom is 3.00 e. The summed E-state index contributed by atoms with van der Waals surface area (Å²) in [6.07, 6.45) is -20.2. The zero-order valence-corrected chi connectivity index (χ0v) is 24.6. The number of halogens is 12. The number of rotatable bonds is 5. The van der Waals surface area contributed by atoms with Crippen molar-refractivity contribution < 1.29 is 102 Å². The SMILES string of the molecule is CN(C)c1ccccc1.[O-]B(O)Oc1cc(C(F)(F)F)cc(C(F)(F)F)c1.[O-]B([O-])Oc1cc(C(F)(F)F)cc(C(F)(F)F)c1.[Ru+3]. The van der Waals surface area contributed by atoms with Gasteiger partial charge in [-0.3, -0.25) is 0 Å². The predicted octanol–water partition coefficient (Wildman–Crippen LogP) is 4.00. The molecule has 46 heavy (non-hydrogen) atoms. The van der Waals surface area contributed by atoms with E-state index in [1.165, 1.54) is 5.69 Å². The van der Waals surface area contributed by atoms with Gasteiger partial charge in [0, 0.05) is 19.8 Å². The van der Waals surface area contributed by atoms with E-state index in [4.69, 9.17) is 5.02 Å². The van der Waals surface area contributed by atoms with Gasteiger partial charge >= 0.3 is 51.5 Å². The van der Waals surface area contributed by atoms with Gasteiger partial charge in [-0.1, -0.05) is 18.2 Å². The van der Waals surface area contributed by atoms with Gasteiger partial charge in [-0.15, -0.1) is 0 Å². The second kappa shape index (κ2) is 17.1. The second-order valence-corrected chi connectivity index (χ2v) is 8.54. The summed E-state index contributed by atoms with van der Waals surface area (Å²) < 4.78 is 155. The normalized spacial score (nSPS) is 11.5. The molecule has 7 nitrogen and oxygen atoms in total. The zero-order chi connectivity index (χ0) is 35.0. The molecule has 0 aliphatic carbocycles. The van der Waals surface area contributed by atoms with Crippen LogP contribution in [0.25, 0.3) is 0 Å². The molecule has 22 heteroatoms. The zero-order valence-electron chi connectivity index (χ0n) is 22.8. The number of hydrogen-bond donors (Lipinski definition) is 1. The first-order valence-corrected chi connectivity index (χ1v) is 11.6. The summed E-state index contributed by atoms with van der Waals surface area (Å²) in [7, 11) is -1.71. The molecule has 0 aliphatic rings. The quantitative estimate of drug-likeness (QED) is 0.309. The molecular formula is C24H18B2F12NO6Ru. The second-order valence-electron chi connectivity index (χ2n) is 8.54. The van der Waals surface area contributed by atoms with Gasteiger partial charge in [0.25, 0.3) is 0 Å². The molecule has 0 unspecified atom stereocenters. The molecule has 0 bridgehead atoms. The molecule has 253 valence electrons. The van der Waals surface area contributed by atoms with Gasteiger partial charge in [0.2, 0.25) is 0 Å². The van der Waals surface area contributed by atoms with Crippen LogP contribution in [0.15, 0.2) is 66.7 Å². The number of benzene rings is 3. The standard InChI is InChI=1S/C8H4BF6O3.C8H3BF6O3.C8H11N.Ru/c2*10-7(11,12)4-1-5(8(13,14)15)3-6(2-4)18-9(16)17;1-9(2)8-6-4-3-5-7-8;/h1-3,16H;1-3H;3-7H,1-2H3;/q-1;-2;;+3. The van der Waals surface area contributed by atoms with Crippen molar-refractivity contribution in [3.05, 3.63) is 89.0 Å². The van der Waals surface area contributed by atoms with Gasteiger partial charge in [-0.2, -0.15) is 52.7 Å². The van der Waals surface area contributed by atoms with Crippen LogP contribution < -0.4 is 29.3 Å². The Morgan fingerprint density at radius 2 is 0.870 bits per heavy atom. The average molecular weight is 767 g/mol. The van der Waals surface area contributed by atoms with Gasteiger partial charge in [-0.25, -0.2) is 0 Å². The summed E-state index contributed by atoms with van der Waals surface area (Å²) in [5, 5.41) is 38.6. The monoisotopic (exact) mass is 768 g/mol. The van der Waals surface area contributed by atoms with Gasteiger partial charge in [0.15, 0.2) is 0 Å². The third kappa shape index (κ3) is 15.4. The number of anilines is 1. The van der Waals surface area contributed by atoms with Crippen molar-refractivity contribution in [3.8, 4) is 11.5 Å². The molecule has 0 saturated carbocycles. The minimum atomic E-state index is -5.05. The fourth-order valence-electron chi connectivity index (χ4n) is 2.94. The topological polar surface area (TPSA) is 111 Å². The fourth-order valence-corrected chi connectivity index (χ4v) is 2.94. The largest absolute Gasteiger partial charge is 3.00 e. The summed E-state index contributed by atoms with van der Waals surface area (Å²) in [4.78, 5) is 2.08. The van der Waals surface area contributed by atoms with Crippen LogP contribution in [0.2, 0.25) is 0 Å². The number of para-hydroxylation sites is 1. The summed E-state index contributed by atoms with van der Waals surface area (Å²) in [5.41, 5.74) is -5.33. The van der Waals surface area contributed by atoms with E-state index in [-0.39, 0.29) is 55.9 Å². The molecular weight excluding hydrogens is 749 g/mol. The van der Waals surface area contributed by atoms with Crippen LogP contribution in [0.4, 0.5) is 58.4 Å². The van der Waals surface area contributed by atoms with E-state index in [2.05, 4.69) is 26.3 Å². The van der Waals surface area contributed by atoms with Crippen molar-refractivity contribution in [1.82, 2.24) is 0 Å². The van der Waals surface area contributed by atoms with Crippen molar-refractivity contribution >= 4 is 20.3 Å². The Balaban J connectivity index is 0.000000688. The van der Waals surface area contributed by atoms with Crippen molar-refractivity contribution in [1.29, 1.82) is 0 Å². The molecule has 3 aromatic rings. The van der Waals surface area contributed by atoms with E-state index in [0.717, 1.165) is 0 Å². The van der Waals surface area contributed by atoms with Crippen LogP contribution >= 0.6 is 0 Å². The molecule has 0 atom stereocenters. The van der Waals surface area contributed by atoms with Crippen LogP contribution in [0.5, 0.6) is 11.5 Å². The number of nitrogens with zero attached hydrogens (tertiary/aromatic N) is 1. The maximum atomic E-state index is 12.3. The van der Waals surface area contributed by atoms with E-state index in [1.54, 1.807) is 0 Å². The molecule has 3 aromatic carbocycles. The summed E-state index contributed by atoms with van der Waals surface area (Å²) in [6, 6.07) is 10.7. The van der Waals surface area contributed by atoms with Gasteiger partial charge in [0.1, 0.15) is 13.1 Å². The molecule has 0 saturated heterocycles. The molecule has 0 amide bonds. The van der Waals surface area contributed by atoms with E-state index < -0.39 is 73.1 Å². The van der Waals surface area contributed by atoms with Crippen molar-refractivity contribution in [2.45, 2.75) is 24.7 Å². The average Bonchev–Trinajstić information content (AvgIpc) is 2.87. The van der Waals surface area contributed by atoms with Gasteiger partial charge < -0.3 is 34.3 Å². The van der Waals surface area contributed by atoms with Crippen molar-refractivity contribution in [2.24, 2.45) is 0 Å². The third-order valence-corrected chi connectivity index (χ3v) is 4.86. The van der Waals surface area contributed by atoms with Crippen molar-refractivity contribution in [3.63, 3.8) is 0 Å². The first kappa shape index (κ1) is 42.8. The van der Waals surface area contributed by atoms with E-state index in [9.17, 15) is 67.8 Å². The Kier molecular flexibility index (Phi) is 15.9. The molecule has 0 heterocycles.